The first-order valence-corrected chi connectivity index (χ1v) is 5.54. The third-order valence-corrected chi connectivity index (χ3v) is 2.39. The van der Waals surface area contributed by atoms with Crippen LogP contribution in [0.1, 0.15) is 0 Å². The van der Waals surface area contributed by atoms with Gasteiger partial charge in [-0.2, -0.15) is 4.99 Å². The van der Waals surface area contributed by atoms with Gasteiger partial charge in [-0.05, 0) is 29.4 Å². The number of hydrogen-bond acceptors (Lipinski definition) is 4. The van der Waals surface area contributed by atoms with E-state index in [1.165, 1.54) is 0 Å². The second-order valence-electron chi connectivity index (χ2n) is 3.67. The van der Waals surface area contributed by atoms with Crippen molar-refractivity contribution in [2.24, 2.45) is 4.99 Å². The zero-order valence-corrected chi connectivity index (χ0v) is 9.48. The molecule has 0 unspecified atom stereocenters. The van der Waals surface area contributed by atoms with E-state index in [0.717, 1.165) is 11.3 Å². The summed E-state index contributed by atoms with van der Waals surface area (Å²) < 4.78 is 10.5. The van der Waals surface area contributed by atoms with Gasteiger partial charge in [-0.3, -0.25) is 4.52 Å². The first-order valence-electron chi connectivity index (χ1n) is 5.54. The highest BCUT2D eigenvalue weighted by Crippen LogP contribution is 2.14. The van der Waals surface area contributed by atoms with Crippen LogP contribution < -0.4 is 5.75 Å². The van der Waals surface area contributed by atoms with Crippen LogP contribution in [-0.2, 0) is 0 Å². The van der Waals surface area contributed by atoms with Gasteiger partial charge in [0.1, 0.15) is 0 Å². The molecule has 0 aliphatic heterocycles. The number of benzene rings is 2. The molecule has 0 aliphatic rings. The van der Waals surface area contributed by atoms with Crippen molar-refractivity contribution in [1.82, 2.24) is 5.16 Å². The molecule has 4 nitrogen and oxygen atoms in total. The molecule has 3 rings (SSSR count). The van der Waals surface area contributed by atoms with Crippen molar-refractivity contribution in [2.45, 2.75) is 0 Å². The van der Waals surface area contributed by atoms with E-state index in [2.05, 4.69) is 10.1 Å². The first kappa shape index (κ1) is 10.5. The number of aromatic nitrogens is 1. The van der Waals surface area contributed by atoms with E-state index in [9.17, 15) is 0 Å². The van der Waals surface area contributed by atoms with Gasteiger partial charge in [0.15, 0.2) is 0 Å². The van der Waals surface area contributed by atoms with Crippen molar-refractivity contribution >= 4 is 5.69 Å². The quantitative estimate of drug-likeness (QED) is 0.689. The summed E-state index contributed by atoms with van der Waals surface area (Å²) in [6.07, 6.45) is 0. The average molecular weight is 238 g/mol. The van der Waals surface area contributed by atoms with Crippen molar-refractivity contribution in [3.05, 3.63) is 66.4 Å². The molecule has 4 heteroatoms. The van der Waals surface area contributed by atoms with Crippen LogP contribution in [0.4, 0.5) is 5.69 Å². The maximum atomic E-state index is 5.43. The lowest BCUT2D eigenvalue weighted by Crippen LogP contribution is -1.91. The fourth-order valence-corrected chi connectivity index (χ4v) is 1.54. The Morgan fingerprint density at radius 3 is 2.22 bits per heavy atom. The Morgan fingerprint density at radius 1 is 0.833 bits per heavy atom. The summed E-state index contributed by atoms with van der Waals surface area (Å²) in [7, 11) is 0. The third-order valence-electron chi connectivity index (χ3n) is 2.39. The predicted octanol–water partition coefficient (Wildman–Crippen LogP) is 3.17. The first-order chi connectivity index (χ1) is 8.92. The molecule has 18 heavy (non-hydrogen) atoms. The van der Waals surface area contributed by atoms with Gasteiger partial charge >= 0.3 is 5.75 Å². The Balaban J connectivity index is 1.98. The van der Waals surface area contributed by atoms with E-state index in [0.29, 0.717) is 5.89 Å². The highest BCUT2D eigenvalue weighted by Gasteiger charge is 2.04. The Bertz CT molecular complexity index is 684. The highest BCUT2D eigenvalue weighted by molar-refractivity contribution is 5.51. The smallest absolute Gasteiger partial charge is 0.387 e. The van der Waals surface area contributed by atoms with Gasteiger partial charge in [-0.15, -0.1) is 0 Å². The van der Waals surface area contributed by atoms with Crippen molar-refractivity contribution in [3.63, 3.8) is 0 Å². The van der Waals surface area contributed by atoms with Gasteiger partial charge in [0, 0.05) is 5.56 Å². The molecule has 0 N–H and O–H groups in total. The largest absolute Gasteiger partial charge is 0.423 e. The molecule has 0 fully saturated rings. The lowest BCUT2D eigenvalue weighted by atomic mass is 10.2. The molecule has 0 saturated heterocycles. The summed E-state index contributed by atoms with van der Waals surface area (Å²) in [6, 6.07) is 19.0. The summed E-state index contributed by atoms with van der Waals surface area (Å²) in [4.78, 5) is 4.19. The summed E-state index contributed by atoms with van der Waals surface area (Å²) in [5.74, 6) is 0.560. The van der Waals surface area contributed by atoms with Crippen LogP contribution in [0.15, 0.2) is 74.6 Å². The van der Waals surface area contributed by atoms with E-state index < -0.39 is 0 Å². The fraction of sp³-hybridized carbons (Fsp3) is 0. The molecule has 88 valence electrons. The standard InChI is InChI=1S/C14H10N2O2/c1-3-7-11(8-4-1)13-16-18-14(17-13)15-12-9-5-2-6-10-12/h1-10H. The molecular formula is C14H10N2O2. The zero-order valence-electron chi connectivity index (χ0n) is 9.48. The van der Waals surface area contributed by atoms with Gasteiger partial charge in [-0.25, -0.2) is 0 Å². The second-order valence-corrected chi connectivity index (χ2v) is 3.67. The minimum absolute atomic E-state index is 0.139. The van der Waals surface area contributed by atoms with Crippen molar-refractivity contribution in [2.75, 3.05) is 0 Å². The number of hydrogen-bond donors (Lipinski definition) is 0. The molecule has 3 aromatic rings. The molecular weight excluding hydrogens is 228 g/mol. The van der Waals surface area contributed by atoms with Gasteiger partial charge in [0.25, 0.3) is 5.89 Å². The maximum absolute atomic E-state index is 5.43. The predicted molar refractivity (Wildman–Crippen MR) is 65.9 cm³/mol. The molecule has 0 saturated carbocycles. The minimum Gasteiger partial charge on any atom is -0.387 e. The maximum Gasteiger partial charge on any atom is 0.423 e. The van der Waals surface area contributed by atoms with Crippen molar-refractivity contribution in [1.29, 1.82) is 0 Å². The summed E-state index contributed by atoms with van der Waals surface area (Å²) in [5, 5.41) is 3.85. The lowest BCUT2D eigenvalue weighted by Gasteiger charge is -1.89. The van der Waals surface area contributed by atoms with Gasteiger partial charge in [-0.1, -0.05) is 36.4 Å². The molecule has 0 atom stereocenters. The van der Waals surface area contributed by atoms with Crippen LogP contribution in [0, 0.1) is 0 Å². The van der Waals surface area contributed by atoms with Crippen LogP contribution in [-0.4, -0.2) is 5.16 Å². The Hall–Kier alpha value is -2.62. The molecule has 0 bridgehead atoms. The van der Waals surface area contributed by atoms with E-state index in [-0.39, 0.29) is 5.75 Å². The van der Waals surface area contributed by atoms with Crippen LogP contribution in [0.3, 0.4) is 0 Å². The Morgan fingerprint density at radius 2 is 1.50 bits per heavy atom. The Kier molecular flexibility index (Phi) is 2.75. The topological polar surface area (TPSA) is 51.5 Å². The highest BCUT2D eigenvalue weighted by atomic mass is 16.6. The number of para-hydroxylation sites is 1. The summed E-state index contributed by atoms with van der Waals surface area (Å²) in [6.45, 7) is 0. The van der Waals surface area contributed by atoms with E-state index >= 15 is 0 Å². The molecule has 0 radical (unpaired) electrons. The molecule has 1 aromatic heterocycles. The monoisotopic (exact) mass is 238 g/mol. The number of nitrogens with zero attached hydrogens (tertiary/aromatic N) is 2. The summed E-state index contributed by atoms with van der Waals surface area (Å²) in [5.41, 5.74) is 1.62. The van der Waals surface area contributed by atoms with E-state index in [4.69, 9.17) is 8.94 Å². The lowest BCUT2D eigenvalue weighted by molar-refractivity contribution is 0.321. The van der Waals surface area contributed by atoms with Crippen LogP contribution in [0.5, 0.6) is 0 Å². The van der Waals surface area contributed by atoms with Gasteiger partial charge in [0.2, 0.25) is 0 Å². The molecule has 1 heterocycles. The van der Waals surface area contributed by atoms with Crippen LogP contribution in [0.25, 0.3) is 11.5 Å². The zero-order chi connectivity index (χ0) is 12.2. The Labute approximate surface area is 103 Å². The SMILES string of the molecule is c1ccc(N=c2onc(-c3ccccc3)o2)cc1. The molecule has 0 amide bonds. The molecule has 0 aliphatic carbocycles. The minimum atomic E-state index is 0.139. The van der Waals surface area contributed by atoms with Crippen LogP contribution >= 0.6 is 0 Å². The number of rotatable bonds is 2. The fourth-order valence-electron chi connectivity index (χ4n) is 1.54. The second kappa shape index (κ2) is 4.71. The summed E-state index contributed by atoms with van der Waals surface area (Å²) >= 11 is 0. The van der Waals surface area contributed by atoms with Crippen molar-refractivity contribution in [3.8, 4) is 11.5 Å². The normalized spacial score (nSPS) is 11.7. The third kappa shape index (κ3) is 2.22. The van der Waals surface area contributed by atoms with E-state index in [1.54, 1.807) is 0 Å². The van der Waals surface area contributed by atoms with Crippen LogP contribution in [0.2, 0.25) is 0 Å². The van der Waals surface area contributed by atoms with Crippen molar-refractivity contribution < 1.29 is 8.94 Å². The van der Waals surface area contributed by atoms with Gasteiger partial charge in [0.05, 0.1) is 5.69 Å². The average Bonchev–Trinajstić information content (AvgIpc) is 2.89. The van der Waals surface area contributed by atoms with Gasteiger partial charge < -0.3 is 4.42 Å². The molecule has 0 spiro atoms. The molecule has 2 aromatic carbocycles. The van der Waals surface area contributed by atoms with E-state index in [1.807, 2.05) is 60.7 Å².